The molecular weight excluding hydrogens is 594 g/mol. The molecule has 0 aliphatic carbocycles. The molecular formula is C31H57N9O6. The molecule has 3 fully saturated rings. The minimum absolute atomic E-state index is 0.00361. The predicted octanol–water partition coefficient (Wildman–Crippen LogP) is 1.16. The molecule has 3 saturated heterocycles. The lowest BCUT2D eigenvalue weighted by atomic mass is 9.86. The second-order valence-corrected chi connectivity index (χ2v) is 13.1. The standard InChI is InChI=1S/C31H57N9O6/c1-22(2)13-7-3-4-10-17-34-24(41)14-8-9-15-25(42)35-18-11-5-6-12-19-36-29(43)46-21-23-26-31(39-27(32)38-26)30(44,45)16-20-40(31)28(33)37-23/h22-23,26,44-45H,3-21H2,1-2H3,(H2,33,37)(H,34,41)(H,35,42)(H,36,43)(H3,32,38,39)/t23-,26-,31-/m0/s1. The number of rotatable bonds is 21. The Labute approximate surface area is 272 Å². The van der Waals surface area contributed by atoms with Crippen LogP contribution >= 0.6 is 0 Å². The number of amides is 3. The van der Waals surface area contributed by atoms with E-state index in [9.17, 15) is 24.6 Å². The van der Waals surface area contributed by atoms with Crippen LogP contribution in [0.4, 0.5) is 4.79 Å². The lowest BCUT2D eigenvalue weighted by molar-refractivity contribution is -0.223. The molecule has 0 saturated carbocycles. The molecule has 0 unspecified atom stereocenters. The number of aliphatic hydroxyl groups is 2. The van der Waals surface area contributed by atoms with Gasteiger partial charge in [-0.25, -0.2) is 4.79 Å². The van der Waals surface area contributed by atoms with E-state index in [4.69, 9.17) is 15.6 Å². The first kappa shape index (κ1) is 37.1. The number of carbonyl (C=O) groups excluding carboxylic acids is 3. The van der Waals surface area contributed by atoms with E-state index in [1.54, 1.807) is 0 Å². The topological polar surface area (TPSA) is 224 Å². The Morgan fingerprint density at radius 3 is 2.02 bits per heavy atom. The fraction of sp³-hybridized carbons (Fsp3) is 0.839. The number of nitrogens with one attached hydrogen (secondary N) is 8. The van der Waals surface area contributed by atoms with E-state index in [-0.39, 0.29) is 43.3 Å². The summed E-state index contributed by atoms with van der Waals surface area (Å²) in [4.78, 5) is 37.8. The summed E-state index contributed by atoms with van der Waals surface area (Å²) in [5.74, 6) is -1.50. The molecule has 46 heavy (non-hydrogen) atoms. The molecule has 0 aromatic heterocycles. The van der Waals surface area contributed by atoms with Crippen LogP contribution in [0.15, 0.2) is 0 Å². The lowest BCUT2D eigenvalue weighted by Crippen LogP contribution is -2.80. The molecule has 3 rings (SSSR count). The van der Waals surface area contributed by atoms with E-state index in [1.165, 1.54) is 24.2 Å². The van der Waals surface area contributed by atoms with E-state index in [0.29, 0.717) is 38.8 Å². The van der Waals surface area contributed by atoms with Crippen molar-refractivity contribution in [3.63, 3.8) is 0 Å². The number of unbranched alkanes of at least 4 members (excludes halogenated alkanes) is 7. The van der Waals surface area contributed by atoms with Crippen LogP contribution in [0.25, 0.3) is 0 Å². The Kier molecular flexibility index (Phi) is 14.6. The summed E-state index contributed by atoms with van der Waals surface area (Å²) in [6.45, 7) is 6.31. The van der Waals surface area contributed by atoms with Crippen molar-refractivity contribution in [2.24, 2.45) is 5.92 Å². The van der Waals surface area contributed by atoms with Crippen molar-refractivity contribution < 1.29 is 29.3 Å². The van der Waals surface area contributed by atoms with Gasteiger partial charge in [0.25, 0.3) is 0 Å². The molecule has 1 spiro atoms. The van der Waals surface area contributed by atoms with Crippen LogP contribution in [-0.4, -0.2) is 101 Å². The molecule has 10 N–H and O–H groups in total. The number of alkyl carbamates (subject to hydrolysis) is 1. The van der Waals surface area contributed by atoms with Crippen molar-refractivity contribution in [1.29, 1.82) is 10.8 Å². The highest BCUT2D eigenvalue weighted by atomic mass is 16.5. The number of hydrogen-bond acceptors (Lipinski definition) is 8. The lowest BCUT2D eigenvalue weighted by Gasteiger charge is -2.51. The summed E-state index contributed by atoms with van der Waals surface area (Å²) < 4.78 is 5.35. The number of nitrogens with zero attached hydrogens (tertiary/aromatic N) is 1. The highest BCUT2D eigenvalue weighted by Crippen LogP contribution is 2.42. The third-order valence-corrected chi connectivity index (χ3v) is 8.96. The fourth-order valence-corrected chi connectivity index (χ4v) is 6.40. The van der Waals surface area contributed by atoms with Gasteiger partial charge >= 0.3 is 6.09 Å². The predicted molar refractivity (Wildman–Crippen MR) is 174 cm³/mol. The summed E-state index contributed by atoms with van der Waals surface area (Å²) in [5, 5.41) is 54.9. The van der Waals surface area contributed by atoms with Crippen molar-refractivity contribution in [1.82, 2.24) is 36.8 Å². The zero-order chi connectivity index (χ0) is 33.6. The van der Waals surface area contributed by atoms with Crippen molar-refractivity contribution in [2.75, 3.05) is 32.8 Å². The zero-order valence-electron chi connectivity index (χ0n) is 27.6. The van der Waals surface area contributed by atoms with Crippen LogP contribution in [0, 0.1) is 16.7 Å². The highest BCUT2D eigenvalue weighted by molar-refractivity contribution is 5.87. The van der Waals surface area contributed by atoms with Crippen LogP contribution in [0.3, 0.4) is 0 Å². The second-order valence-electron chi connectivity index (χ2n) is 13.1. The molecule has 3 heterocycles. The number of guanidine groups is 2. The Morgan fingerprint density at radius 2 is 1.43 bits per heavy atom. The van der Waals surface area contributed by atoms with Gasteiger partial charge in [-0.05, 0) is 38.0 Å². The average Bonchev–Trinajstić information content (AvgIpc) is 3.50. The first-order valence-corrected chi connectivity index (χ1v) is 17.1. The van der Waals surface area contributed by atoms with Crippen molar-refractivity contribution in [3.8, 4) is 0 Å². The molecule has 3 amide bonds. The Balaban J connectivity index is 1.14. The van der Waals surface area contributed by atoms with E-state index in [0.717, 1.165) is 51.0 Å². The molecule has 15 nitrogen and oxygen atoms in total. The summed E-state index contributed by atoms with van der Waals surface area (Å²) in [6.07, 6.45) is 10.9. The molecule has 262 valence electrons. The van der Waals surface area contributed by atoms with E-state index >= 15 is 0 Å². The minimum atomic E-state index is -2.18. The van der Waals surface area contributed by atoms with Crippen LogP contribution in [0.5, 0.6) is 0 Å². The SMILES string of the molecule is CC(C)CCCCCCNC(=O)CCCCC(=O)NCCCCCCNC(=O)OC[C@@H]1NC(=N)N2CCC(O)(O)[C@@]23NC(=N)N[C@@H]13. The van der Waals surface area contributed by atoms with E-state index in [1.807, 2.05) is 0 Å². The normalized spacial score (nSPS) is 22.8. The Hall–Kier alpha value is -3.33. The monoisotopic (exact) mass is 651 g/mol. The maximum Gasteiger partial charge on any atom is 0.407 e. The van der Waals surface area contributed by atoms with Crippen LogP contribution in [0.2, 0.25) is 0 Å². The van der Waals surface area contributed by atoms with Crippen LogP contribution in [-0.2, 0) is 14.3 Å². The molecule has 3 aliphatic rings. The molecule has 3 aliphatic heterocycles. The fourth-order valence-electron chi connectivity index (χ4n) is 6.40. The Morgan fingerprint density at radius 1 is 0.870 bits per heavy atom. The summed E-state index contributed by atoms with van der Waals surface area (Å²) in [5.41, 5.74) is -1.50. The first-order chi connectivity index (χ1) is 22.0. The molecule has 0 aromatic carbocycles. The summed E-state index contributed by atoms with van der Waals surface area (Å²) in [7, 11) is 0. The van der Waals surface area contributed by atoms with E-state index in [2.05, 4.69) is 45.7 Å². The van der Waals surface area contributed by atoms with Gasteiger partial charge in [0.1, 0.15) is 6.61 Å². The van der Waals surface area contributed by atoms with Gasteiger partial charge in [0, 0.05) is 45.4 Å². The highest BCUT2D eigenvalue weighted by Gasteiger charge is 2.70. The molecule has 0 bridgehead atoms. The van der Waals surface area contributed by atoms with Gasteiger partial charge in [0.05, 0.1) is 12.1 Å². The van der Waals surface area contributed by atoms with Gasteiger partial charge in [-0.3, -0.25) is 20.4 Å². The summed E-state index contributed by atoms with van der Waals surface area (Å²) in [6, 6.07) is -1.39. The first-order valence-electron chi connectivity index (χ1n) is 17.1. The minimum Gasteiger partial charge on any atom is -0.447 e. The molecule has 0 aromatic rings. The van der Waals surface area contributed by atoms with Crippen LogP contribution in [0.1, 0.15) is 104 Å². The zero-order valence-corrected chi connectivity index (χ0v) is 27.6. The van der Waals surface area contributed by atoms with Crippen molar-refractivity contribution >= 4 is 29.8 Å². The quantitative estimate of drug-likeness (QED) is 0.0630. The second kappa shape index (κ2) is 18.1. The van der Waals surface area contributed by atoms with Gasteiger partial charge in [0.2, 0.25) is 17.6 Å². The molecule has 15 heteroatoms. The number of ether oxygens (including phenoxy) is 1. The average molecular weight is 652 g/mol. The largest absolute Gasteiger partial charge is 0.447 e. The van der Waals surface area contributed by atoms with Crippen LogP contribution < -0.4 is 31.9 Å². The maximum absolute atomic E-state index is 12.3. The summed E-state index contributed by atoms with van der Waals surface area (Å²) >= 11 is 0. The van der Waals surface area contributed by atoms with Gasteiger partial charge in [-0.15, -0.1) is 0 Å². The molecule has 0 radical (unpaired) electrons. The number of hydrogen-bond donors (Lipinski definition) is 10. The smallest absolute Gasteiger partial charge is 0.407 e. The third kappa shape index (κ3) is 10.6. The van der Waals surface area contributed by atoms with Gasteiger partial charge < -0.3 is 51.8 Å². The molecule has 3 atom stereocenters. The Bertz CT molecular complexity index is 1040. The van der Waals surface area contributed by atoms with E-state index < -0.39 is 29.6 Å². The maximum atomic E-state index is 12.3. The van der Waals surface area contributed by atoms with Gasteiger partial charge in [0.15, 0.2) is 17.6 Å². The number of carbonyl (C=O) groups is 3. The van der Waals surface area contributed by atoms with Crippen molar-refractivity contribution in [2.45, 2.75) is 127 Å². The third-order valence-electron chi connectivity index (χ3n) is 8.96. The van der Waals surface area contributed by atoms with Gasteiger partial charge in [-0.1, -0.05) is 52.4 Å². The van der Waals surface area contributed by atoms with Crippen molar-refractivity contribution in [3.05, 3.63) is 0 Å². The van der Waals surface area contributed by atoms with Gasteiger partial charge in [-0.2, -0.15) is 0 Å².